The van der Waals surface area contributed by atoms with Crippen LogP contribution in [0.25, 0.3) is 0 Å². The van der Waals surface area contributed by atoms with Crippen molar-refractivity contribution >= 4 is 21.5 Å². The molecule has 0 spiro atoms. The fourth-order valence-electron chi connectivity index (χ4n) is 1.68. The van der Waals surface area contributed by atoms with Gasteiger partial charge in [-0.1, -0.05) is 25.5 Å². The molecule has 0 aliphatic heterocycles. The maximum atomic E-state index is 12.6. The second kappa shape index (κ2) is 6.33. The molecule has 1 aromatic rings. The molecule has 0 heterocycles. The third-order valence-electron chi connectivity index (χ3n) is 2.69. The molecule has 0 aliphatic carbocycles. The van der Waals surface area contributed by atoms with Crippen molar-refractivity contribution in [3.8, 4) is 0 Å². The lowest BCUT2D eigenvalue weighted by Crippen LogP contribution is -2.31. The molecule has 118 valence electrons. The Morgan fingerprint density at radius 3 is 2.38 bits per heavy atom. The van der Waals surface area contributed by atoms with Gasteiger partial charge in [-0.3, -0.25) is 0 Å². The van der Waals surface area contributed by atoms with E-state index in [9.17, 15) is 26.4 Å². The molecule has 0 aliphatic rings. The number of aliphatic carboxylic acids is 1. The van der Waals surface area contributed by atoms with E-state index in [0.29, 0.717) is 6.42 Å². The highest BCUT2D eigenvalue weighted by Gasteiger charge is 2.48. The summed E-state index contributed by atoms with van der Waals surface area (Å²) >= 11 is 0. The van der Waals surface area contributed by atoms with E-state index in [4.69, 9.17) is 5.11 Å². The van der Waals surface area contributed by atoms with Crippen molar-refractivity contribution in [2.24, 2.45) is 0 Å². The first-order valence-electron chi connectivity index (χ1n) is 6.01. The molecule has 0 radical (unpaired) electrons. The van der Waals surface area contributed by atoms with Gasteiger partial charge < -0.3 is 10.4 Å². The van der Waals surface area contributed by atoms with E-state index in [1.165, 1.54) is 6.07 Å². The normalized spacial score (nSPS) is 13.7. The zero-order valence-electron chi connectivity index (χ0n) is 11.0. The lowest BCUT2D eigenvalue weighted by molar-refractivity contribution is -0.138. The Bertz CT molecular complexity index is 613. The third kappa shape index (κ3) is 3.87. The number of para-hydroxylation sites is 1. The third-order valence-corrected chi connectivity index (χ3v) is 4.23. The SMILES string of the molecule is CCCC(Nc1ccccc1S(=O)(=O)C(F)(F)F)C(=O)O. The highest BCUT2D eigenvalue weighted by atomic mass is 32.2. The first-order chi connectivity index (χ1) is 9.61. The fraction of sp³-hybridized carbons (Fsp3) is 0.417. The zero-order valence-corrected chi connectivity index (χ0v) is 11.8. The monoisotopic (exact) mass is 325 g/mol. The van der Waals surface area contributed by atoms with Crippen molar-refractivity contribution in [3.63, 3.8) is 0 Å². The Labute approximate surface area is 119 Å². The van der Waals surface area contributed by atoms with E-state index in [2.05, 4.69) is 5.32 Å². The fourth-order valence-corrected chi connectivity index (χ4v) is 2.60. The minimum atomic E-state index is -5.55. The van der Waals surface area contributed by atoms with Gasteiger partial charge in [0.2, 0.25) is 0 Å². The molecule has 2 N–H and O–H groups in total. The molecule has 0 bridgehead atoms. The number of carboxylic acids is 1. The zero-order chi connectivity index (χ0) is 16.3. The van der Waals surface area contributed by atoms with E-state index < -0.39 is 32.3 Å². The molecule has 0 saturated carbocycles. The largest absolute Gasteiger partial charge is 0.501 e. The molecule has 21 heavy (non-hydrogen) atoms. The van der Waals surface area contributed by atoms with Gasteiger partial charge in [-0.05, 0) is 18.6 Å². The molecule has 0 amide bonds. The molecule has 0 saturated heterocycles. The van der Waals surface area contributed by atoms with Crippen molar-refractivity contribution in [3.05, 3.63) is 24.3 Å². The number of sulfone groups is 1. The Morgan fingerprint density at radius 1 is 1.33 bits per heavy atom. The van der Waals surface area contributed by atoms with E-state index >= 15 is 0 Å². The number of carboxylic acid groups (broad SMARTS) is 1. The van der Waals surface area contributed by atoms with Crippen molar-refractivity contribution in [1.82, 2.24) is 0 Å². The minimum Gasteiger partial charge on any atom is -0.480 e. The standard InChI is InChI=1S/C12H14F3NO4S/c1-2-5-9(11(17)18)16-8-6-3-4-7-10(8)21(19,20)12(13,14)15/h3-4,6-7,9,16H,2,5H2,1H3,(H,17,18). The number of carbonyl (C=O) groups is 1. The van der Waals surface area contributed by atoms with Crippen LogP contribution < -0.4 is 5.32 Å². The summed E-state index contributed by atoms with van der Waals surface area (Å²) in [5.74, 6) is -1.27. The highest BCUT2D eigenvalue weighted by Crippen LogP contribution is 2.34. The molecular weight excluding hydrogens is 311 g/mol. The number of alkyl halides is 3. The Morgan fingerprint density at radius 2 is 1.90 bits per heavy atom. The van der Waals surface area contributed by atoms with Crippen LogP contribution in [0, 0.1) is 0 Å². The summed E-state index contributed by atoms with van der Waals surface area (Å²) in [4.78, 5) is 10.0. The van der Waals surface area contributed by atoms with Crippen LogP contribution in [0.2, 0.25) is 0 Å². The molecule has 5 nitrogen and oxygen atoms in total. The number of hydrogen-bond donors (Lipinski definition) is 2. The highest BCUT2D eigenvalue weighted by molar-refractivity contribution is 7.92. The summed E-state index contributed by atoms with van der Waals surface area (Å²) in [7, 11) is -5.55. The molecule has 0 fully saturated rings. The van der Waals surface area contributed by atoms with Gasteiger partial charge in [-0.25, -0.2) is 13.2 Å². The van der Waals surface area contributed by atoms with Crippen LogP contribution in [0.1, 0.15) is 19.8 Å². The van der Waals surface area contributed by atoms with Crippen LogP contribution >= 0.6 is 0 Å². The predicted molar refractivity (Wildman–Crippen MR) is 69.6 cm³/mol. The first kappa shape index (κ1) is 17.3. The molecule has 9 heteroatoms. The molecule has 1 atom stereocenters. The smallest absolute Gasteiger partial charge is 0.480 e. The molecule has 1 unspecified atom stereocenters. The summed E-state index contributed by atoms with van der Waals surface area (Å²) in [5, 5.41) is 11.3. The van der Waals surface area contributed by atoms with E-state index in [-0.39, 0.29) is 12.1 Å². The van der Waals surface area contributed by atoms with Crippen LogP contribution in [0.4, 0.5) is 18.9 Å². The van der Waals surface area contributed by atoms with Crippen LogP contribution in [0.3, 0.4) is 0 Å². The average molecular weight is 325 g/mol. The predicted octanol–water partition coefficient (Wildman–Crippen LogP) is 2.65. The Kier molecular flexibility index (Phi) is 5.21. The van der Waals surface area contributed by atoms with Gasteiger partial charge >= 0.3 is 11.5 Å². The van der Waals surface area contributed by atoms with Crippen LogP contribution in [-0.2, 0) is 14.6 Å². The summed E-state index contributed by atoms with van der Waals surface area (Å²) in [6.45, 7) is 1.70. The van der Waals surface area contributed by atoms with Gasteiger partial charge in [0.1, 0.15) is 6.04 Å². The quantitative estimate of drug-likeness (QED) is 0.840. The number of benzene rings is 1. The van der Waals surface area contributed by atoms with Crippen LogP contribution in [-0.4, -0.2) is 31.0 Å². The van der Waals surface area contributed by atoms with E-state index in [1.807, 2.05) is 0 Å². The Balaban J connectivity index is 3.25. The second-order valence-corrected chi connectivity index (χ2v) is 6.18. The summed E-state index contributed by atoms with van der Waals surface area (Å²) in [6, 6.07) is 3.18. The second-order valence-electron chi connectivity index (χ2n) is 4.27. The number of nitrogens with one attached hydrogen (secondary N) is 1. The van der Waals surface area contributed by atoms with Crippen molar-refractivity contribution in [2.45, 2.75) is 36.2 Å². The topological polar surface area (TPSA) is 83.5 Å². The van der Waals surface area contributed by atoms with Crippen LogP contribution in [0.5, 0.6) is 0 Å². The number of anilines is 1. The summed E-state index contributed by atoms with van der Waals surface area (Å²) < 4.78 is 60.8. The summed E-state index contributed by atoms with van der Waals surface area (Å²) in [5.41, 5.74) is -5.83. The van der Waals surface area contributed by atoms with E-state index in [0.717, 1.165) is 18.2 Å². The lowest BCUT2D eigenvalue weighted by atomic mass is 10.1. The maximum absolute atomic E-state index is 12.6. The average Bonchev–Trinajstić information content (AvgIpc) is 2.37. The minimum absolute atomic E-state index is 0.149. The number of rotatable bonds is 6. The summed E-state index contributed by atoms with van der Waals surface area (Å²) in [6.07, 6.45) is 0.619. The number of halogens is 3. The van der Waals surface area contributed by atoms with E-state index in [1.54, 1.807) is 6.92 Å². The van der Waals surface area contributed by atoms with Crippen LogP contribution in [0.15, 0.2) is 29.2 Å². The van der Waals surface area contributed by atoms with Crippen molar-refractivity contribution in [2.75, 3.05) is 5.32 Å². The van der Waals surface area contributed by atoms with Gasteiger partial charge in [0.05, 0.1) is 10.6 Å². The maximum Gasteiger partial charge on any atom is 0.501 e. The van der Waals surface area contributed by atoms with Crippen molar-refractivity contribution in [1.29, 1.82) is 0 Å². The molecule has 1 rings (SSSR count). The van der Waals surface area contributed by atoms with Crippen molar-refractivity contribution < 1.29 is 31.5 Å². The van der Waals surface area contributed by atoms with Gasteiger partial charge in [-0.15, -0.1) is 0 Å². The molecular formula is C12H14F3NO4S. The molecule has 1 aromatic carbocycles. The van der Waals surface area contributed by atoms with Gasteiger partial charge in [-0.2, -0.15) is 13.2 Å². The number of hydrogen-bond acceptors (Lipinski definition) is 4. The lowest BCUT2D eigenvalue weighted by Gasteiger charge is -2.18. The molecule has 0 aromatic heterocycles. The van der Waals surface area contributed by atoms with Gasteiger partial charge in [0.25, 0.3) is 9.84 Å². The van der Waals surface area contributed by atoms with Gasteiger partial charge in [0, 0.05) is 0 Å². The first-order valence-corrected chi connectivity index (χ1v) is 7.49. The van der Waals surface area contributed by atoms with Gasteiger partial charge in [0.15, 0.2) is 0 Å². The Hall–Kier alpha value is -1.77.